The molecule has 0 aliphatic carbocycles. The van der Waals surface area contributed by atoms with Crippen LogP contribution in [0.15, 0.2) is 52.4 Å². The van der Waals surface area contributed by atoms with Gasteiger partial charge in [-0.2, -0.15) is 0 Å². The first-order chi connectivity index (χ1) is 13.7. The molecule has 0 bridgehead atoms. The standard InChI is InChI=1S/C20H23N5O3/c26-13-12-25-19(22-16-5-2-1-4-15(16)20(25)28)17-6-3-8-23(17)10-11-24-9-7-21-14-18(24)27/h1-2,4-5,7,9,14,17,26H,3,6,8,10-13H2. The zero-order chi connectivity index (χ0) is 19.5. The van der Waals surface area contributed by atoms with Crippen LogP contribution in [0.3, 0.4) is 0 Å². The minimum Gasteiger partial charge on any atom is -0.395 e. The zero-order valence-corrected chi connectivity index (χ0v) is 15.6. The monoisotopic (exact) mass is 381 g/mol. The molecular weight excluding hydrogens is 358 g/mol. The zero-order valence-electron chi connectivity index (χ0n) is 15.6. The maximum Gasteiger partial charge on any atom is 0.269 e. The van der Waals surface area contributed by atoms with E-state index in [0.29, 0.717) is 29.8 Å². The van der Waals surface area contributed by atoms with E-state index >= 15 is 0 Å². The van der Waals surface area contributed by atoms with E-state index in [1.54, 1.807) is 27.6 Å². The second-order valence-electron chi connectivity index (χ2n) is 6.97. The van der Waals surface area contributed by atoms with Gasteiger partial charge in [-0.3, -0.25) is 24.0 Å². The third-order valence-electron chi connectivity index (χ3n) is 5.31. The summed E-state index contributed by atoms with van der Waals surface area (Å²) in [4.78, 5) is 35.8. The molecule has 8 nitrogen and oxygen atoms in total. The molecule has 0 amide bonds. The molecule has 0 radical (unpaired) electrons. The second-order valence-corrected chi connectivity index (χ2v) is 6.97. The lowest BCUT2D eigenvalue weighted by molar-refractivity contribution is 0.222. The van der Waals surface area contributed by atoms with Gasteiger partial charge in [0.25, 0.3) is 11.1 Å². The van der Waals surface area contributed by atoms with Crippen molar-refractivity contribution in [3.05, 3.63) is 69.4 Å². The SMILES string of the molecule is O=c1cnccn1CCN1CCCC1c1nc2ccccc2c(=O)n1CCO. The highest BCUT2D eigenvalue weighted by Crippen LogP contribution is 2.30. The number of nitrogens with zero attached hydrogens (tertiary/aromatic N) is 5. The topological polar surface area (TPSA) is 93.3 Å². The first kappa shape index (κ1) is 18.5. The van der Waals surface area contributed by atoms with Gasteiger partial charge in [0.05, 0.1) is 36.3 Å². The van der Waals surface area contributed by atoms with Crippen LogP contribution in [-0.2, 0) is 13.1 Å². The predicted octanol–water partition coefficient (Wildman–Crippen LogP) is 0.783. The summed E-state index contributed by atoms with van der Waals surface area (Å²) in [7, 11) is 0. The highest BCUT2D eigenvalue weighted by molar-refractivity contribution is 5.77. The van der Waals surface area contributed by atoms with E-state index in [2.05, 4.69) is 9.88 Å². The molecule has 1 N–H and O–H groups in total. The van der Waals surface area contributed by atoms with Crippen molar-refractivity contribution in [1.82, 2.24) is 24.0 Å². The molecule has 1 unspecified atom stereocenters. The summed E-state index contributed by atoms with van der Waals surface area (Å²) in [5, 5.41) is 10.0. The van der Waals surface area contributed by atoms with E-state index in [4.69, 9.17) is 4.98 Å². The molecule has 28 heavy (non-hydrogen) atoms. The van der Waals surface area contributed by atoms with E-state index in [1.807, 2.05) is 18.2 Å². The van der Waals surface area contributed by atoms with Gasteiger partial charge in [-0.05, 0) is 31.5 Å². The second kappa shape index (κ2) is 8.04. The molecule has 4 rings (SSSR count). The first-order valence-corrected chi connectivity index (χ1v) is 9.54. The third kappa shape index (κ3) is 3.48. The van der Waals surface area contributed by atoms with Gasteiger partial charge in [-0.1, -0.05) is 12.1 Å². The molecule has 8 heteroatoms. The van der Waals surface area contributed by atoms with Crippen molar-refractivity contribution in [2.45, 2.75) is 32.0 Å². The summed E-state index contributed by atoms with van der Waals surface area (Å²) in [5.41, 5.74) is 0.431. The number of hydrogen-bond acceptors (Lipinski definition) is 6. The van der Waals surface area contributed by atoms with Crippen LogP contribution in [0.1, 0.15) is 24.7 Å². The van der Waals surface area contributed by atoms with E-state index in [-0.39, 0.29) is 30.3 Å². The van der Waals surface area contributed by atoms with Gasteiger partial charge in [0.1, 0.15) is 5.82 Å². The Morgan fingerprint density at radius 2 is 2.00 bits per heavy atom. The lowest BCUT2D eigenvalue weighted by Crippen LogP contribution is -2.35. The van der Waals surface area contributed by atoms with Gasteiger partial charge in [0.2, 0.25) is 0 Å². The Morgan fingerprint density at radius 3 is 2.82 bits per heavy atom. The number of aliphatic hydroxyl groups excluding tert-OH is 1. The maximum absolute atomic E-state index is 13.0. The largest absolute Gasteiger partial charge is 0.395 e. The summed E-state index contributed by atoms with van der Waals surface area (Å²) in [6.45, 7) is 2.21. The normalized spacial score (nSPS) is 17.4. The molecule has 1 fully saturated rings. The van der Waals surface area contributed by atoms with Crippen molar-refractivity contribution in [2.75, 3.05) is 19.7 Å². The number of aromatic nitrogens is 4. The average molecular weight is 381 g/mol. The summed E-state index contributed by atoms with van der Waals surface area (Å²) < 4.78 is 3.24. The fourth-order valence-electron chi connectivity index (χ4n) is 3.94. The van der Waals surface area contributed by atoms with Crippen LogP contribution in [0.4, 0.5) is 0 Å². The number of rotatable bonds is 6. The molecule has 3 aromatic rings. The minimum absolute atomic E-state index is 0.0126. The number of fused-ring (bicyclic) bond motifs is 1. The highest BCUT2D eigenvalue weighted by Gasteiger charge is 2.30. The molecule has 3 heterocycles. The molecular formula is C20H23N5O3. The summed E-state index contributed by atoms with van der Waals surface area (Å²) >= 11 is 0. The van der Waals surface area contributed by atoms with Gasteiger partial charge < -0.3 is 9.67 Å². The summed E-state index contributed by atoms with van der Waals surface area (Å²) in [6, 6.07) is 7.30. The van der Waals surface area contributed by atoms with E-state index in [1.165, 1.54) is 6.20 Å². The number of likely N-dealkylation sites (tertiary alicyclic amines) is 1. The molecule has 1 atom stereocenters. The molecule has 0 saturated carbocycles. The van der Waals surface area contributed by atoms with E-state index < -0.39 is 0 Å². The van der Waals surface area contributed by atoms with Crippen LogP contribution in [0.5, 0.6) is 0 Å². The molecule has 146 valence electrons. The maximum atomic E-state index is 13.0. The van der Waals surface area contributed by atoms with Crippen LogP contribution in [0.25, 0.3) is 10.9 Å². The Bertz CT molecular complexity index is 1090. The van der Waals surface area contributed by atoms with Crippen molar-refractivity contribution < 1.29 is 5.11 Å². The van der Waals surface area contributed by atoms with Gasteiger partial charge >= 0.3 is 0 Å². The Kier molecular flexibility index (Phi) is 5.31. The first-order valence-electron chi connectivity index (χ1n) is 9.54. The van der Waals surface area contributed by atoms with Crippen LogP contribution >= 0.6 is 0 Å². The average Bonchev–Trinajstić information content (AvgIpc) is 3.18. The van der Waals surface area contributed by atoms with Gasteiger partial charge in [0.15, 0.2) is 0 Å². The van der Waals surface area contributed by atoms with Gasteiger partial charge in [-0.25, -0.2) is 4.98 Å². The molecule has 1 aliphatic rings. The Balaban J connectivity index is 1.67. The van der Waals surface area contributed by atoms with Crippen LogP contribution in [0, 0.1) is 0 Å². The fourth-order valence-corrected chi connectivity index (χ4v) is 3.94. The third-order valence-corrected chi connectivity index (χ3v) is 5.31. The quantitative estimate of drug-likeness (QED) is 0.678. The lowest BCUT2D eigenvalue weighted by Gasteiger charge is -2.26. The fraction of sp³-hybridized carbons (Fsp3) is 0.400. The van der Waals surface area contributed by atoms with Gasteiger partial charge in [0, 0.05) is 25.5 Å². The Labute approximate surface area is 161 Å². The van der Waals surface area contributed by atoms with Crippen molar-refractivity contribution in [3.63, 3.8) is 0 Å². The molecule has 1 aromatic carbocycles. The lowest BCUT2D eigenvalue weighted by atomic mass is 10.1. The minimum atomic E-state index is -0.126. The van der Waals surface area contributed by atoms with Crippen molar-refractivity contribution in [3.8, 4) is 0 Å². The summed E-state index contributed by atoms with van der Waals surface area (Å²) in [6.07, 6.45) is 6.49. The molecule has 2 aromatic heterocycles. The van der Waals surface area contributed by atoms with Crippen LogP contribution in [0.2, 0.25) is 0 Å². The molecule has 0 spiro atoms. The van der Waals surface area contributed by atoms with Crippen LogP contribution in [-0.4, -0.2) is 48.8 Å². The Morgan fingerprint density at radius 1 is 1.14 bits per heavy atom. The Hall–Kier alpha value is -2.84. The predicted molar refractivity (Wildman–Crippen MR) is 105 cm³/mol. The summed E-state index contributed by atoms with van der Waals surface area (Å²) in [5.74, 6) is 0.692. The highest BCUT2D eigenvalue weighted by atomic mass is 16.3. The van der Waals surface area contributed by atoms with Crippen molar-refractivity contribution >= 4 is 10.9 Å². The van der Waals surface area contributed by atoms with Gasteiger partial charge in [-0.15, -0.1) is 0 Å². The smallest absolute Gasteiger partial charge is 0.269 e. The number of aliphatic hydroxyl groups is 1. The van der Waals surface area contributed by atoms with Crippen molar-refractivity contribution in [1.29, 1.82) is 0 Å². The number of para-hydroxylation sites is 1. The molecule has 1 aliphatic heterocycles. The number of hydrogen-bond donors (Lipinski definition) is 1. The van der Waals surface area contributed by atoms with E-state index in [0.717, 1.165) is 19.4 Å². The number of benzene rings is 1. The van der Waals surface area contributed by atoms with Crippen molar-refractivity contribution in [2.24, 2.45) is 0 Å². The van der Waals surface area contributed by atoms with E-state index in [9.17, 15) is 14.7 Å². The molecule has 1 saturated heterocycles. The van der Waals surface area contributed by atoms with Crippen LogP contribution < -0.4 is 11.1 Å².